The van der Waals surface area contributed by atoms with Crippen LogP contribution in [0.5, 0.6) is 0 Å². The lowest BCUT2D eigenvalue weighted by Crippen LogP contribution is -2.16. The van der Waals surface area contributed by atoms with Gasteiger partial charge in [-0.25, -0.2) is 9.59 Å². The summed E-state index contributed by atoms with van der Waals surface area (Å²) >= 11 is 0. The smallest absolute Gasteiger partial charge is 0.344 e. The summed E-state index contributed by atoms with van der Waals surface area (Å²) in [6.07, 6.45) is 0. The lowest BCUT2D eigenvalue weighted by molar-refractivity contribution is -0.146. The zero-order chi connectivity index (χ0) is 12.0. The van der Waals surface area contributed by atoms with Crippen LogP contribution in [0.3, 0.4) is 0 Å². The van der Waals surface area contributed by atoms with Crippen molar-refractivity contribution >= 4 is 11.9 Å². The minimum absolute atomic E-state index is 0.279. The van der Waals surface area contributed by atoms with Crippen molar-refractivity contribution in [3.8, 4) is 0 Å². The zero-order valence-electron chi connectivity index (χ0n) is 9.36. The van der Waals surface area contributed by atoms with Gasteiger partial charge < -0.3 is 9.47 Å². The third-order valence-corrected chi connectivity index (χ3v) is 1.88. The molecule has 0 heterocycles. The van der Waals surface area contributed by atoms with Crippen LogP contribution in [0.2, 0.25) is 0 Å². The molecule has 0 saturated carbocycles. The Morgan fingerprint density at radius 3 is 2.62 bits per heavy atom. The molecule has 4 nitrogen and oxygen atoms in total. The molecule has 1 rings (SSSR count). The molecule has 0 atom stereocenters. The molecule has 0 aliphatic heterocycles. The predicted molar refractivity (Wildman–Crippen MR) is 58.1 cm³/mol. The maximum atomic E-state index is 11.5. The first kappa shape index (κ1) is 12.2. The fourth-order valence-electron chi connectivity index (χ4n) is 1.18. The second-order valence-electron chi connectivity index (χ2n) is 3.25. The third kappa shape index (κ3) is 3.73. The van der Waals surface area contributed by atoms with Crippen molar-refractivity contribution < 1.29 is 19.1 Å². The Kier molecular flexibility index (Phi) is 4.51. The summed E-state index contributed by atoms with van der Waals surface area (Å²) in [6.45, 7) is 3.50. The zero-order valence-corrected chi connectivity index (χ0v) is 9.36. The van der Waals surface area contributed by atoms with Gasteiger partial charge in [0.05, 0.1) is 12.2 Å². The van der Waals surface area contributed by atoms with E-state index in [0.717, 1.165) is 5.56 Å². The summed E-state index contributed by atoms with van der Waals surface area (Å²) in [5.41, 5.74) is 1.40. The SMILES string of the molecule is CCOC(=O)COC(=O)c1cccc(C)c1. The van der Waals surface area contributed by atoms with Crippen molar-refractivity contribution in [2.45, 2.75) is 13.8 Å². The molecule has 0 N–H and O–H groups in total. The van der Waals surface area contributed by atoms with E-state index in [1.54, 1.807) is 25.1 Å². The molecular weight excluding hydrogens is 208 g/mol. The van der Waals surface area contributed by atoms with Gasteiger partial charge in [-0.15, -0.1) is 0 Å². The lowest BCUT2D eigenvalue weighted by atomic mass is 10.1. The first-order chi connectivity index (χ1) is 7.63. The van der Waals surface area contributed by atoms with E-state index < -0.39 is 11.9 Å². The van der Waals surface area contributed by atoms with Crippen LogP contribution in [0.4, 0.5) is 0 Å². The molecule has 0 radical (unpaired) electrons. The van der Waals surface area contributed by atoms with Gasteiger partial charge in [0.1, 0.15) is 0 Å². The summed E-state index contributed by atoms with van der Waals surface area (Å²) in [5.74, 6) is -1.06. The minimum atomic E-state index is -0.538. The molecule has 1 aromatic carbocycles. The van der Waals surface area contributed by atoms with Gasteiger partial charge in [-0.1, -0.05) is 17.7 Å². The molecule has 0 aromatic heterocycles. The highest BCUT2D eigenvalue weighted by Crippen LogP contribution is 2.05. The van der Waals surface area contributed by atoms with Gasteiger partial charge in [-0.3, -0.25) is 0 Å². The quantitative estimate of drug-likeness (QED) is 0.728. The fourth-order valence-corrected chi connectivity index (χ4v) is 1.18. The Balaban J connectivity index is 2.50. The third-order valence-electron chi connectivity index (χ3n) is 1.88. The van der Waals surface area contributed by atoms with E-state index in [-0.39, 0.29) is 13.2 Å². The molecule has 86 valence electrons. The summed E-state index contributed by atoms with van der Waals surface area (Å²) in [4.78, 5) is 22.4. The molecule has 1 aromatic rings. The average molecular weight is 222 g/mol. The number of ether oxygens (including phenoxy) is 2. The topological polar surface area (TPSA) is 52.6 Å². The molecular formula is C12H14O4. The largest absolute Gasteiger partial charge is 0.463 e. The number of benzene rings is 1. The first-order valence-electron chi connectivity index (χ1n) is 5.03. The van der Waals surface area contributed by atoms with Crippen molar-refractivity contribution in [3.05, 3.63) is 35.4 Å². The molecule has 4 heteroatoms. The van der Waals surface area contributed by atoms with Gasteiger partial charge in [0, 0.05) is 0 Å². The van der Waals surface area contributed by atoms with Gasteiger partial charge in [0.25, 0.3) is 0 Å². The van der Waals surface area contributed by atoms with Crippen LogP contribution in [0.15, 0.2) is 24.3 Å². The number of hydrogen-bond acceptors (Lipinski definition) is 4. The van der Waals surface area contributed by atoms with Crippen molar-refractivity contribution in [2.24, 2.45) is 0 Å². The van der Waals surface area contributed by atoms with Crippen LogP contribution in [0.25, 0.3) is 0 Å². The standard InChI is InChI=1S/C12H14O4/c1-3-15-11(13)8-16-12(14)10-6-4-5-9(2)7-10/h4-7H,3,8H2,1-2H3. The number of hydrogen-bond donors (Lipinski definition) is 0. The van der Waals surface area contributed by atoms with Gasteiger partial charge >= 0.3 is 11.9 Å². The number of aryl methyl sites for hydroxylation is 1. The van der Waals surface area contributed by atoms with Crippen LogP contribution in [-0.4, -0.2) is 25.2 Å². The van der Waals surface area contributed by atoms with Gasteiger partial charge in [0.2, 0.25) is 0 Å². The molecule has 0 unspecified atom stereocenters. The Morgan fingerprint density at radius 2 is 2.00 bits per heavy atom. The molecule has 16 heavy (non-hydrogen) atoms. The minimum Gasteiger partial charge on any atom is -0.463 e. The Labute approximate surface area is 94.2 Å². The summed E-state index contributed by atoms with van der Waals surface area (Å²) in [5, 5.41) is 0. The number of rotatable bonds is 4. The van der Waals surface area contributed by atoms with Crippen LogP contribution < -0.4 is 0 Å². The van der Waals surface area contributed by atoms with E-state index in [1.807, 2.05) is 13.0 Å². The average Bonchev–Trinajstić information content (AvgIpc) is 2.26. The van der Waals surface area contributed by atoms with Crippen molar-refractivity contribution in [2.75, 3.05) is 13.2 Å². The summed E-state index contributed by atoms with van der Waals surface area (Å²) in [7, 11) is 0. The fraction of sp³-hybridized carbons (Fsp3) is 0.333. The van der Waals surface area contributed by atoms with Gasteiger partial charge in [-0.2, -0.15) is 0 Å². The van der Waals surface area contributed by atoms with E-state index in [9.17, 15) is 9.59 Å². The van der Waals surface area contributed by atoms with Crippen LogP contribution in [-0.2, 0) is 14.3 Å². The van der Waals surface area contributed by atoms with E-state index in [4.69, 9.17) is 4.74 Å². The van der Waals surface area contributed by atoms with Crippen molar-refractivity contribution in [3.63, 3.8) is 0 Å². The van der Waals surface area contributed by atoms with Crippen LogP contribution >= 0.6 is 0 Å². The number of carbonyl (C=O) groups is 2. The van der Waals surface area contributed by atoms with E-state index >= 15 is 0 Å². The summed E-state index contributed by atoms with van der Waals surface area (Å²) in [6, 6.07) is 6.98. The highest BCUT2D eigenvalue weighted by atomic mass is 16.6. The monoisotopic (exact) mass is 222 g/mol. The molecule has 0 aliphatic carbocycles. The Morgan fingerprint density at radius 1 is 1.25 bits per heavy atom. The molecule has 0 spiro atoms. The Bertz CT molecular complexity index is 384. The maximum Gasteiger partial charge on any atom is 0.344 e. The van der Waals surface area contributed by atoms with E-state index in [1.165, 1.54) is 0 Å². The number of carbonyl (C=O) groups excluding carboxylic acids is 2. The maximum absolute atomic E-state index is 11.5. The molecule has 0 saturated heterocycles. The molecule has 0 bridgehead atoms. The van der Waals surface area contributed by atoms with E-state index in [0.29, 0.717) is 5.56 Å². The molecule has 0 aliphatic rings. The highest BCUT2D eigenvalue weighted by Gasteiger charge is 2.10. The second-order valence-corrected chi connectivity index (χ2v) is 3.25. The van der Waals surface area contributed by atoms with Crippen molar-refractivity contribution in [1.29, 1.82) is 0 Å². The first-order valence-corrected chi connectivity index (χ1v) is 5.03. The lowest BCUT2D eigenvalue weighted by Gasteiger charge is -2.04. The van der Waals surface area contributed by atoms with Crippen LogP contribution in [0, 0.1) is 6.92 Å². The van der Waals surface area contributed by atoms with E-state index in [2.05, 4.69) is 4.74 Å². The van der Waals surface area contributed by atoms with Crippen LogP contribution in [0.1, 0.15) is 22.8 Å². The predicted octanol–water partition coefficient (Wildman–Crippen LogP) is 1.71. The molecule has 0 amide bonds. The second kappa shape index (κ2) is 5.90. The van der Waals surface area contributed by atoms with Crippen molar-refractivity contribution in [1.82, 2.24) is 0 Å². The normalized spacial score (nSPS) is 9.62. The summed E-state index contributed by atoms with van der Waals surface area (Å²) < 4.78 is 9.42. The Hall–Kier alpha value is -1.84. The highest BCUT2D eigenvalue weighted by molar-refractivity contribution is 5.90. The van der Waals surface area contributed by atoms with Gasteiger partial charge in [-0.05, 0) is 26.0 Å². The number of esters is 2. The van der Waals surface area contributed by atoms with Gasteiger partial charge in [0.15, 0.2) is 6.61 Å². The molecule has 0 fully saturated rings.